The predicted molar refractivity (Wildman–Crippen MR) is 68.6 cm³/mol. The zero-order chi connectivity index (χ0) is 12.0. The Morgan fingerprint density at radius 1 is 1.62 bits per heavy atom. The molecule has 0 aliphatic rings. The number of carbonyl (C=O) groups is 1. The molecule has 0 aromatic carbocycles. The summed E-state index contributed by atoms with van der Waals surface area (Å²) in [7, 11) is 0. The molecule has 0 atom stereocenters. The van der Waals surface area contributed by atoms with Gasteiger partial charge >= 0.3 is 6.03 Å². The third kappa shape index (κ3) is 4.75. The van der Waals surface area contributed by atoms with Crippen LogP contribution in [0.25, 0.3) is 6.08 Å². The van der Waals surface area contributed by atoms with Gasteiger partial charge in [0.05, 0.1) is 0 Å². The predicted octanol–water partition coefficient (Wildman–Crippen LogP) is 2.24. The van der Waals surface area contributed by atoms with Crippen molar-refractivity contribution in [2.75, 3.05) is 0 Å². The molecule has 0 radical (unpaired) electrons. The highest BCUT2D eigenvalue weighted by Crippen LogP contribution is 2.10. The molecule has 1 heterocycles. The highest BCUT2D eigenvalue weighted by atomic mass is 32.1. The van der Waals surface area contributed by atoms with Gasteiger partial charge in [0.2, 0.25) is 0 Å². The molecular weight excluding hydrogens is 222 g/mol. The van der Waals surface area contributed by atoms with Gasteiger partial charge in [-0.3, -0.25) is 10.3 Å². The second-order valence-electron chi connectivity index (χ2n) is 3.45. The van der Waals surface area contributed by atoms with Crippen LogP contribution >= 0.6 is 11.3 Å². The van der Waals surface area contributed by atoms with Crippen molar-refractivity contribution < 1.29 is 4.79 Å². The van der Waals surface area contributed by atoms with Crippen LogP contribution in [0.2, 0.25) is 0 Å². The van der Waals surface area contributed by atoms with Crippen molar-refractivity contribution in [2.24, 2.45) is 10.7 Å². The Labute approximate surface area is 98.9 Å². The van der Waals surface area contributed by atoms with Crippen LogP contribution in [-0.2, 0) is 0 Å². The van der Waals surface area contributed by atoms with E-state index in [1.165, 1.54) is 0 Å². The number of nitrogens with two attached hydrogens (primary N) is 1. The SMILES string of the molecule is CC(C)N=C(/C=C/c1cccs1)NC(N)=O. The number of amidine groups is 1. The maximum atomic E-state index is 10.8. The third-order valence-corrected chi connectivity index (χ3v) is 2.43. The molecule has 3 N–H and O–H groups in total. The number of nitrogens with zero attached hydrogens (tertiary/aromatic N) is 1. The van der Waals surface area contributed by atoms with Crippen molar-refractivity contribution in [3.8, 4) is 0 Å². The number of urea groups is 1. The first-order valence-corrected chi connectivity index (χ1v) is 5.81. The maximum absolute atomic E-state index is 10.8. The zero-order valence-electron chi connectivity index (χ0n) is 9.31. The molecule has 0 saturated heterocycles. The first-order chi connectivity index (χ1) is 7.58. The Balaban J connectivity index is 2.74. The van der Waals surface area contributed by atoms with Crippen LogP contribution in [0.15, 0.2) is 28.6 Å². The van der Waals surface area contributed by atoms with Crippen LogP contribution in [0.1, 0.15) is 18.7 Å². The second-order valence-corrected chi connectivity index (χ2v) is 4.43. The van der Waals surface area contributed by atoms with Crippen LogP contribution < -0.4 is 11.1 Å². The Morgan fingerprint density at radius 2 is 2.38 bits per heavy atom. The van der Waals surface area contributed by atoms with Crippen molar-refractivity contribution in [1.82, 2.24) is 5.32 Å². The first kappa shape index (κ1) is 12.4. The standard InChI is InChI=1S/C11H15N3OS/c1-8(2)13-10(14-11(12)15)6-5-9-4-3-7-16-9/h3-8H,1-2H3,(H3,12,13,14,15)/b6-5+. The Bertz CT molecular complexity index is 393. The van der Waals surface area contributed by atoms with Gasteiger partial charge in [0.25, 0.3) is 0 Å². The van der Waals surface area contributed by atoms with Crippen molar-refractivity contribution in [2.45, 2.75) is 19.9 Å². The molecule has 0 unspecified atom stereocenters. The van der Waals surface area contributed by atoms with E-state index in [2.05, 4.69) is 10.3 Å². The van der Waals surface area contributed by atoms with E-state index in [-0.39, 0.29) is 6.04 Å². The molecule has 0 fully saturated rings. The summed E-state index contributed by atoms with van der Waals surface area (Å²) in [6.07, 6.45) is 3.64. The Hall–Kier alpha value is -1.62. The summed E-state index contributed by atoms with van der Waals surface area (Å²) >= 11 is 1.62. The Kier molecular flexibility index (Phi) is 4.72. The first-order valence-electron chi connectivity index (χ1n) is 4.94. The molecule has 5 heteroatoms. The lowest BCUT2D eigenvalue weighted by atomic mass is 10.3. The molecule has 0 aliphatic heterocycles. The van der Waals surface area contributed by atoms with E-state index in [0.29, 0.717) is 5.84 Å². The lowest BCUT2D eigenvalue weighted by molar-refractivity contribution is 0.253. The van der Waals surface area contributed by atoms with Gasteiger partial charge in [-0.15, -0.1) is 11.3 Å². The van der Waals surface area contributed by atoms with Gasteiger partial charge in [0.1, 0.15) is 5.84 Å². The normalized spacial score (nSPS) is 12.3. The molecule has 0 saturated carbocycles. The molecule has 1 aromatic heterocycles. The summed E-state index contributed by atoms with van der Waals surface area (Å²) in [6, 6.07) is 3.45. The topological polar surface area (TPSA) is 67.5 Å². The second kappa shape index (κ2) is 6.07. The quantitative estimate of drug-likeness (QED) is 0.614. The van der Waals surface area contributed by atoms with E-state index in [4.69, 9.17) is 5.73 Å². The van der Waals surface area contributed by atoms with E-state index in [1.54, 1.807) is 17.4 Å². The smallest absolute Gasteiger partial charge is 0.317 e. The number of aliphatic imine (C=N–C) groups is 1. The van der Waals surface area contributed by atoms with Gasteiger partial charge < -0.3 is 5.73 Å². The summed E-state index contributed by atoms with van der Waals surface area (Å²) in [5.74, 6) is 0.482. The molecule has 1 rings (SSSR count). The van der Waals surface area contributed by atoms with Gasteiger partial charge in [-0.2, -0.15) is 0 Å². The average molecular weight is 237 g/mol. The van der Waals surface area contributed by atoms with Crippen LogP contribution in [0.3, 0.4) is 0 Å². The number of hydrogen-bond donors (Lipinski definition) is 2. The lowest BCUT2D eigenvalue weighted by Gasteiger charge is -2.03. The summed E-state index contributed by atoms with van der Waals surface area (Å²) in [4.78, 5) is 16.1. The van der Waals surface area contributed by atoms with Crippen LogP contribution in [0.4, 0.5) is 4.79 Å². The minimum absolute atomic E-state index is 0.106. The largest absolute Gasteiger partial charge is 0.351 e. The monoisotopic (exact) mass is 237 g/mol. The van der Waals surface area contributed by atoms with Crippen molar-refractivity contribution in [1.29, 1.82) is 0 Å². The Morgan fingerprint density at radius 3 is 2.88 bits per heavy atom. The van der Waals surface area contributed by atoms with E-state index < -0.39 is 6.03 Å². The zero-order valence-corrected chi connectivity index (χ0v) is 10.1. The summed E-state index contributed by atoms with van der Waals surface area (Å²) in [5, 5.41) is 4.47. The number of nitrogens with one attached hydrogen (secondary N) is 1. The molecular formula is C11H15N3OS. The fourth-order valence-electron chi connectivity index (χ4n) is 1.07. The van der Waals surface area contributed by atoms with Gasteiger partial charge in [-0.1, -0.05) is 6.07 Å². The molecule has 1 aromatic rings. The third-order valence-electron chi connectivity index (χ3n) is 1.60. The van der Waals surface area contributed by atoms with Crippen molar-refractivity contribution in [3.63, 3.8) is 0 Å². The highest BCUT2D eigenvalue weighted by Gasteiger charge is 1.99. The molecule has 86 valence electrons. The summed E-state index contributed by atoms with van der Waals surface area (Å²) < 4.78 is 0. The molecule has 4 nitrogen and oxygen atoms in total. The van der Waals surface area contributed by atoms with Gasteiger partial charge in [0, 0.05) is 10.9 Å². The molecule has 2 amide bonds. The summed E-state index contributed by atoms with van der Waals surface area (Å²) in [5.41, 5.74) is 5.06. The average Bonchev–Trinajstić information content (AvgIpc) is 2.64. The van der Waals surface area contributed by atoms with Gasteiger partial charge in [-0.05, 0) is 37.4 Å². The highest BCUT2D eigenvalue weighted by molar-refractivity contribution is 7.10. The van der Waals surface area contributed by atoms with Crippen LogP contribution in [-0.4, -0.2) is 17.9 Å². The van der Waals surface area contributed by atoms with Gasteiger partial charge in [0.15, 0.2) is 0 Å². The van der Waals surface area contributed by atoms with Crippen molar-refractivity contribution in [3.05, 3.63) is 28.5 Å². The molecule has 16 heavy (non-hydrogen) atoms. The summed E-state index contributed by atoms with van der Waals surface area (Å²) in [6.45, 7) is 3.86. The van der Waals surface area contributed by atoms with Crippen LogP contribution in [0, 0.1) is 0 Å². The number of rotatable bonds is 3. The van der Waals surface area contributed by atoms with E-state index >= 15 is 0 Å². The molecule has 0 bridgehead atoms. The fraction of sp³-hybridized carbons (Fsp3) is 0.273. The number of amides is 2. The van der Waals surface area contributed by atoms with E-state index in [9.17, 15) is 4.79 Å². The number of carbonyl (C=O) groups excluding carboxylic acids is 1. The molecule has 0 spiro atoms. The maximum Gasteiger partial charge on any atom is 0.317 e. The number of primary amides is 1. The minimum Gasteiger partial charge on any atom is -0.351 e. The lowest BCUT2D eigenvalue weighted by Crippen LogP contribution is -2.34. The van der Waals surface area contributed by atoms with E-state index in [0.717, 1.165) is 4.88 Å². The number of thiophene rings is 1. The van der Waals surface area contributed by atoms with E-state index in [1.807, 2.05) is 37.4 Å². The fourth-order valence-corrected chi connectivity index (χ4v) is 1.69. The van der Waals surface area contributed by atoms with Crippen LogP contribution in [0.5, 0.6) is 0 Å². The van der Waals surface area contributed by atoms with Gasteiger partial charge in [-0.25, -0.2) is 4.79 Å². The molecule has 0 aliphatic carbocycles. The number of hydrogen-bond acceptors (Lipinski definition) is 3. The van der Waals surface area contributed by atoms with Crippen molar-refractivity contribution >= 4 is 29.3 Å². The minimum atomic E-state index is -0.602.